The number of benzene rings is 1. The number of hydrogen-bond acceptors (Lipinski definition) is 4. The van der Waals surface area contributed by atoms with Crippen LogP contribution in [0.1, 0.15) is 33.3 Å². The molecular formula is C16H15N3S. The second kappa shape index (κ2) is 4.03. The van der Waals surface area contributed by atoms with Gasteiger partial charge in [0, 0.05) is 10.8 Å². The molecule has 0 fully saturated rings. The first-order valence-electron chi connectivity index (χ1n) is 6.76. The van der Waals surface area contributed by atoms with Gasteiger partial charge in [-0.3, -0.25) is 0 Å². The van der Waals surface area contributed by atoms with Crippen molar-refractivity contribution >= 4 is 27.4 Å². The van der Waals surface area contributed by atoms with Crippen molar-refractivity contribution in [2.75, 3.05) is 5.73 Å². The molecule has 2 aromatic heterocycles. The van der Waals surface area contributed by atoms with Crippen LogP contribution in [-0.2, 0) is 6.42 Å². The van der Waals surface area contributed by atoms with Gasteiger partial charge in [-0.2, -0.15) is 0 Å². The number of hydrogen-bond donors (Lipinski definition) is 1. The topological polar surface area (TPSA) is 51.8 Å². The van der Waals surface area contributed by atoms with E-state index in [1.165, 1.54) is 21.6 Å². The highest BCUT2D eigenvalue weighted by atomic mass is 32.1. The standard InChI is InChI=1S/C16H15N3S/c1-8-9(2)20-16-13(8)14(17)18-15(19-16)12-7-10-5-3-4-6-11(10)12/h3-6,12H,7H2,1-2H3,(H2,17,18,19). The number of aromatic nitrogens is 2. The Balaban J connectivity index is 1.87. The molecule has 1 aromatic carbocycles. The molecule has 3 nitrogen and oxygen atoms in total. The smallest absolute Gasteiger partial charge is 0.140 e. The van der Waals surface area contributed by atoms with Crippen molar-refractivity contribution in [3.63, 3.8) is 0 Å². The molecule has 100 valence electrons. The zero-order chi connectivity index (χ0) is 13.9. The van der Waals surface area contributed by atoms with E-state index in [2.05, 4.69) is 43.1 Å². The van der Waals surface area contributed by atoms with E-state index in [1.807, 2.05) is 0 Å². The van der Waals surface area contributed by atoms with Gasteiger partial charge in [-0.25, -0.2) is 9.97 Å². The molecule has 0 radical (unpaired) electrons. The molecule has 1 unspecified atom stereocenters. The Morgan fingerprint density at radius 1 is 1.20 bits per heavy atom. The van der Waals surface area contributed by atoms with E-state index in [1.54, 1.807) is 11.3 Å². The number of nitrogen functional groups attached to an aromatic ring is 1. The summed E-state index contributed by atoms with van der Waals surface area (Å²) in [5.74, 6) is 1.80. The van der Waals surface area contributed by atoms with E-state index < -0.39 is 0 Å². The van der Waals surface area contributed by atoms with Gasteiger partial charge in [-0.05, 0) is 37.0 Å². The first-order chi connectivity index (χ1) is 9.65. The van der Waals surface area contributed by atoms with Gasteiger partial charge in [0.2, 0.25) is 0 Å². The molecule has 3 aromatic rings. The molecule has 0 aliphatic heterocycles. The van der Waals surface area contributed by atoms with Gasteiger partial charge in [0.1, 0.15) is 16.5 Å². The highest BCUT2D eigenvalue weighted by Crippen LogP contribution is 2.40. The summed E-state index contributed by atoms with van der Waals surface area (Å²) in [5.41, 5.74) is 10.1. The number of fused-ring (bicyclic) bond motifs is 2. The third kappa shape index (κ3) is 1.51. The van der Waals surface area contributed by atoms with Gasteiger partial charge >= 0.3 is 0 Å². The Bertz CT molecular complexity index is 835. The van der Waals surface area contributed by atoms with Crippen LogP contribution in [0, 0.1) is 13.8 Å². The fourth-order valence-corrected chi connectivity index (χ4v) is 3.99. The third-order valence-corrected chi connectivity index (χ3v) is 5.34. The molecule has 20 heavy (non-hydrogen) atoms. The first-order valence-corrected chi connectivity index (χ1v) is 7.57. The van der Waals surface area contributed by atoms with Crippen molar-refractivity contribution in [3.8, 4) is 0 Å². The molecule has 1 aliphatic carbocycles. The number of anilines is 1. The lowest BCUT2D eigenvalue weighted by Gasteiger charge is -2.28. The average Bonchev–Trinajstić information content (AvgIpc) is 2.67. The fraction of sp³-hybridized carbons (Fsp3) is 0.250. The number of nitrogens with two attached hydrogens (primary N) is 1. The van der Waals surface area contributed by atoms with Crippen LogP contribution in [0.15, 0.2) is 24.3 Å². The lowest BCUT2D eigenvalue weighted by molar-refractivity contribution is 0.665. The van der Waals surface area contributed by atoms with Crippen LogP contribution >= 0.6 is 11.3 Å². The molecule has 4 heteroatoms. The summed E-state index contributed by atoms with van der Waals surface area (Å²) in [6.07, 6.45) is 1.02. The number of thiophene rings is 1. The monoisotopic (exact) mass is 281 g/mol. The Hall–Kier alpha value is -1.94. The highest BCUT2D eigenvalue weighted by molar-refractivity contribution is 7.18. The largest absolute Gasteiger partial charge is 0.383 e. The maximum atomic E-state index is 6.16. The summed E-state index contributed by atoms with van der Waals surface area (Å²) in [6.45, 7) is 4.20. The van der Waals surface area contributed by atoms with Crippen molar-refractivity contribution in [2.45, 2.75) is 26.2 Å². The van der Waals surface area contributed by atoms with Crippen molar-refractivity contribution < 1.29 is 0 Å². The second-order valence-electron chi connectivity index (χ2n) is 5.39. The third-order valence-electron chi connectivity index (χ3n) is 4.24. The lowest BCUT2D eigenvalue weighted by Crippen LogP contribution is -2.20. The van der Waals surface area contributed by atoms with Gasteiger partial charge < -0.3 is 5.73 Å². The van der Waals surface area contributed by atoms with Gasteiger partial charge in [-0.1, -0.05) is 24.3 Å². The predicted octanol–water partition coefficient (Wildman–Crippen LogP) is 3.58. The number of nitrogens with zero attached hydrogens (tertiary/aromatic N) is 2. The molecule has 4 rings (SSSR count). The van der Waals surface area contributed by atoms with Crippen LogP contribution < -0.4 is 5.73 Å². The van der Waals surface area contributed by atoms with Crippen LogP contribution in [0.2, 0.25) is 0 Å². The number of aryl methyl sites for hydroxylation is 2. The normalized spacial score (nSPS) is 17.0. The Kier molecular flexibility index (Phi) is 2.39. The summed E-state index contributed by atoms with van der Waals surface area (Å²) in [7, 11) is 0. The van der Waals surface area contributed by atoms with E-state index in [9.17, 15) is 0 Å². The Morgan fingerprint density at radius 3 is 2.80 bits per heavy atom. The fourth-order valence-electron chi connectivity index (χ4n) is 2.94. The SMILES string of the molecule is Cc1sc2nc(C3Cc4ccccc43)nc(N)c2c1C. The molecule has 0 amide bonds. The minimum absolute atomic E-state index is 0.306. The second-order valence-corrected chi connectivity index (χ2v) is 6.59. The lowest BCUT2D eigenvalue weighted by atomic mass is 9.77. The van der Waals surface area contributed by atoms with Crippen LogP contribution in [0.4, 0.5) is 5.82 Å². The van der Waals surface area contributed by atoms with Crippen molar-refractivity contribution in [2.24, 2.45) is 0 Å². The summed E-state index contributed by atoms with van der Waals surface area (Å²) < 4.78 is 0. The zero-order valence-electron chi connectivity index (χ0n) is 11.5. The molecule has 1 atom stereocenters. The quantitative estimate of drug-likeness (QED) is 0.741. The minimum atomic E-state index is 0.306. The average molecular weight is 281 g/mol. The summed E-state index contributed by atoms with van der Waals surface area (Å²) in [5, 5.41) is 1.03. The van der Waals surface area contributed by atoms with Crippen LogP contribution in [0.3, 0.4) is 0 Å². The zero-order valence-corrected chi connectivity index (χ0v) is 12.3. The van der Waals surface area contributed by atoms with Gasteiger partial charge in [0.15, 0.2) is 0 Å². The van der Waals surface area contributed by atoms with E-state index in [-0.39, 0.29) is 0 Å². The van der Waals surface area contributed by atoms with Crippen molar-refractivity contribution in [1.82, 2.24) is 9.97 Å². The predicted molar refractivity (Wildman–Crippen MR) is 83.3 cm³/mol. The molecule has 2 N–H and O–H groups in total. The number of rotatable bonds is 1. The molecule has 0 spiro atoms. The molecule has 0 bridgehead atoms. The Labute approximate surface area is 121 Å². The molecule has 0 saturated heterocycles. The molecule has 2 heterocycles. The van der Waals surface area contributed by atoms with Gasteiger partial charge in [-0.15, -0.1) is 11.3 Å². The summed E-state index contributed by atoms with van der Waals surface area (Å²) >= 11 is 1.71. The van der Waals surface area contributed by atoms with Gasteiger partial charge in [0.25, 0.3) is 0 Å². The van der Waals surface area contributed by atoms with Gasteiger partial charge in [0.05, 0.1) is 5.39 Å². The molecular weight excluding hydrogens is 266 g/mol. The highest BCUT2D eigenvalue weighted by Gasteiger charge is 2.30. The van der Waals surface area contributed by atoms with E-state index in [0.29, 0.717) is 11.7 Å². The summed E-state index contributed by atoms with van der Waals surface area (Å²) in [6, 6.07) is 8.50. The molecule has 1 aliphatic rings. The van der Waals surface area contributed by atoms with Crippen LogP contribution in [0.25, 0.3) is 10.2 Å². The maximum absolute atomic E-state index is 6.16. The van der Waals surface area contributed by atoms with Crippen LogP contribution in [-0.4, -0.2) is 9.97 Å². The van der Waals surface area contributed by atoms with Crippen molar-refractivity contribution in [1.29, 1.82) is 0 Å². The van der Waals surface area contributed by atoms with Crippen LogP contribution in [0.5, 0.6) is 0 Å². The van der Waals surface area contributed by atoms with E-state index in [4.69, 9.17) is 10.7 Å². The first kappa shape index (κ1) is 11.9. The van der Waals surface area contributed by atoms with E-state index >= 15 is 0 Å². The molecule has 0 saturated carbocycles. The summed E-state index contributed by atoms with van der Waals surface area (Å²) in [4.78, 5) is 11.6. The van der Waals surface area contributed by atoms with Crippen molar-refractivity contribution in [3.05, 3.63) is 51.7 Å². The Morgan fingerprint density at radius 2 is 2.00 bits per heavy atom. The van der Waals surface area contributed by atoms with E-state index in [0.717, 1.165) is 22.5 Å². The maximum Gasteiger partial charge on any atom is 0.140 e. The minimum Gasteiger partial charge on any atom is -0.383 e.